The Labute approximate surface area is 104 Å². The summed E-state index contributed by atoms with van der Waals surface area (Å²) >= 11 is 5.34. The molecule has 0 saturated carbocycles. The van der Waals surface area contributed by atoms with Crippen LogP contribution in [-0.2, 0) is 13.6 Å². The topological polar surface area (TPSA) is 38.5 Å². The molecule has 0 aliphatic carbocycles. The molecule has 2 heterocycles. The van der Waals surface area contributed by atoms with Crippen LogP contribution in [0, 0.1) is 4.77 Å². The maximum Gasteiger partial charge on any atom is 0.178 e. The van der Waals surface area contributed by atoms with Gasteiger partial charge in [0, 0.05) is 18.8 Å². The molecule has 5 heteroatoms. The maximum absolute atomic E-state index is 5.34. The van der Waals surface area contributed by atoms with E-state index in [1.807, 2.05) is 37.6 Å². The summed E-state index contributed by atoms with van der Waals surface area (Å²) in [7, 11) is 1.91. The van der Waals surface area contributed by atoms with Gasteiger partial charge in [0.25, 0.3) is 0 Å². The van der Waals surface area contributed by atoms with E-state index in [1.165, 1.54) is 0 Å². The average Bonchev–Trinajstić information content (AvgIpc) is 2.85. The molecular weight excluding hydrogens is 232 g/mol. The first-order valence-corrected chi connectivity index (χ1v) is 5.80. The Hall–Kier alpha value is -1.88. The molecular formula is C12H12N4S. The van der Waals surface area contributed by atoms with Crippen LogP contribution < -0.4 is 0 Å². The highest BCUT2D eigenvalue weighted by Gasteiger charge is 2.05. The summed E-state index contributed by atoms with van der Waals surface area (Å²) in [6.45, 7) is 0.747. The van der Waals surface area contributed by atoms with Crippen LogP contribution in [0.1, 0.15) is 5.56 Å². The van der Waals surface area contributed by atoms with Gasteiger partial charge in [0.05, 0.1) is 23.8 Å². The van der Waals surface area contributed by atoms with Crippen molar-refractivity contribution < 1.29 is 0 Å². The Kier molecular flexibility index (Phi) is 2.33. The lowest BCUT2D eigenvalue weighted by Gasteiger charge is -2.01. The van der Waals surface area contributed by atoms with Crippen molar-refractivity contribution in [3.05, 3.63) is 47.0 Å². The molecule has 2 aromatic heterocycles. The van der Waals surface area contributed by atoms with Crippen LogP contribution in [0.4, 0.5) is 0 Å². The minimum Gasteiger partial charge on any atom is -0.331 e. The van der Waals surface area contributed by atoms with Gasteiger partial charge in [-0.05, 0) is 24.4 Å². The SMILES string of the molecule is Cn1cc(Cn2c(=S)[nH]c3ccccc32)cn1. The number of nitrogens with one attached hydrogen (secondary N) is 1. The zero-order valence-electron chi connectivity index (χ0n) is 9.42. The summed E-state index contributed by atoms with van der Waals surface area (Å²) in [5, 5.41) is 4.17. The fourth-order valence-corrected chi connectivity index (χ4v) is 2.27. The van der Waals surface area contributed by atoms with Crippen LogP contribution in [0.15, 0.2) is 36.7 Å². The zero-order valence-corrected chi connectivity index (χ0v) is 10.2. The van der Waals surface area contributed by atoms with Crippen LogP contribution >= 0.6 is 12.2 Å². The van der Waals surface area contributed by atoms with Crippen molar-refractivity contribution >= 4 is 23.3 Å². The van der Waals surface area contributed by atoms with Gasteiger partial charge in [0.2, 0.25) is 0 Å². The van der Waals surface area contributed by atoms with Crippen molar-refractivity contribution in [2.75, 3.05) is 0 Å². The molecule has 3 rings (SSSR count). The number of hydrogen-bond donors (Lipinski definition) is 1. The molecule has 0 radical (unpaired) electrons. The van der Waals surface area contributed by atoms with Crippen molar-refractivity contribution in [2.24, 2.45) is 7.05 Å². The summed E-state index contributed by atoms with van der Waals surface area (Å²) in [5.74, 6) is 0. The molecule has 0 aliphatic heterocycles. The molecule has 0 bridgehead atoms. The Balaban J connectivity index is 2.11. The second kappa shape index (κ2) is 3.85. The lowest BCUT2D eigenvalue weighted by Crippen LogP contribution is -1.98. The Morgan fingerprint density at radius 1 is 1.35 bits per heavy atom. The zero-order chi connectivity index (χ0) is 11.8. The largest absolute Gasteiger partial charge is 0.331 e. The third kappa shape index (κ3) is 1.78. The number of aromatic amines is 1. The summed E-state index contributed by atoms with van der Waals surface area (Å²) in [6, 6.07) is 8.12. The second-order valence-electron chi connectivity index (χ2n) is 4.06. The minimum atomic E-state index is 0.745. The summed E-state index contributed by atoms with van der Waals surface area (Å²) in [5.41, 5.74) is 3.34. The van der Waals surface area contributed by atoms with Crippen molar-refractivity contribution in [3.63, 3.8) is 0 Å². The number of para-hydroxylation sites is 2. The van der Waals surface area contributed by atoms with Gasteiger partial charge in [-0.3, -0.25) is 4.68 Å². The van der Waals surface area contributed by atoms with E-state index >= 15 is 0 Å². The van der Waals surface area contributed by atoms with E-state index in [0.717, 1.165) is 27.9 Å². The van der Waals surface area contributed by atoms with Crippen LogP contribution in [-0.4, -0.2) is 19.3 Å². The fraction of sp³-hybridized carbons (Fsp3) is 0.167. The van der Waals surface area contributed by atoms with Crippen LogP contribution in [0.2, 0.25) is 0 Å². The molecule has 0 amide bonds. The van der Waals surface area contributed by atoms with Gasteiger partial charge in [-0.25, -0.2) is 0 Å². The van der Waals surface area contributed by atoms with Gasteiger partial charge in [0.15, 0.2) is 4.77 Å². The van der Waals surface area contributed by atoms with E-state index in [0.29, 0.717) is 0 Å². The molecule has 0 spiro atoms. The number of aromatic nitrogens is 4. The number of H-pyrrole nitrogens is 1. The maximum atomic E-state index is 5.34. The van der Waals surface area contributed by atoms with Gasteiger partial charge >= 0.3 is 0 Å². The van der Waals surface area contributed by atoms with Crippen LogP contribution in [0.3, 0.4) is 0 Å². The highest BCUT2D eigenvalue weighted by Crippen LogP contribution is 2.15. The van der Waals surface area contributed by atoms with E-state index in [9.17, 15) is 0 Å². The Bertz CT molecular complexity index is 719. The summed E-state index contributed by atoms with van der Waals surface area (Å²) in [4.78, 5) is 3.20. The van der Waals surface area contributed by atoms with Gasteiger partial charge in [-0.2, -0.15) is 5.10 Å². The van der Waals surface area contributed by atoms with E-state index < -0.39 is 0 Å². The third-order valence-corrected chi connectivity index (χ3v) is 3.10. The highest BCUT2D eigenvalue weighted by atomic mass is 32.1. The van der Waals surface area contributed by atoms with E-state index in [-0.39, 0.29) is 0 Å². The van der Waals surface area contributed by atoms with Crippen molar-refractivity contribution in [1.29, 1.82) is 0 Å². The lowest BCUT2D eigenvalue weighted by molar-refractivity contribution is 0.763. The van der Waals surface area contributed by atoms with Gasteiger partial charge in [0.1, 0.15) is 0 Å². The standard InChI is InChI=1S/C12H12N4S/c1-15-7-9(6-13-15)8-16-11-5-3-2-4-10(11)14-12(16)17/h2-7H,8H2,1H3,(H,14,17). The number of hydrogen-bond acceptors (Lipinski definition) is 2. The first-order valence-electron chi connectivity index (χ1n) is 5.39. The number of aryl methyl sites for hydroxylation is 1. The van der Waals surface area contributed by atoms with Crippen LogP contribution in [0.5, 0.6) is 0 Å². The quantitative estimate of drug-likeness (QED) is 0.703. The predicted octanol–water partition coefficient (Wildman–Crippen LogP) is 2.48. The molecule has 0 unspecified atom stereocenters. The number of benzene rings is 1. The normalized spacial score (nSPS) is 11.1. The van der Waals surface area contributed by atoms with Gasteiger partial charge < -0.3 is 9.55 Å². The highest BCUT2D eigenvalue weighted by molar-refractivity contribution is 7.71. The molecule has 86 valence electrons. The fourth-order valence-electron chi connectivity index (χ4n) is 2.00. The molecule has 1 N–H and O–H groups in total. The van der Waals surface area contributed by atoms with E-state index in [1.54, 1.807) is 4.68 Å². The van der Waals surface area contributed by atoms with Crippen molar-refractivity contribution in [1.82, 2.24) is 19.3 Å². The molecule has 0 aliphatic rings. The minimum absolute atomic E-state index is 0.745. The van der Waals surface area contributed by atoms with Crippen molar-refractivity contribution in [2.45, 2.75) is 6.54 Å². The number of fused-ring (bicyclic) bond motifs is 1. The Morgan fingerprint density at radius 3 is 2.94 bits per heavy atom. The summed E-state index contributed by atoms with van der Waals surface area (Å²) in [6.07, 6.45) is 3.87. The molecule has 0 fully saturated rings. The number of rotatable bonds is 2. The van der Waals surface area contributed by atoms with E-state index in [2.05, 4.69) is 20.7 Å². The van der Waals surface area contributed by atoms with E-state index in [4.69, 9.17) is 12.2 Å². The Morgan fingerprint density at radius 2 is 2.18 bits per heavy atom. The molecule has 1 aromatic carbocycles. The lowest BCUT2D eigenvalue weighted by atomic mass is 10.3. The number of nitrogens with zero attached hydrogens (tertiary/aromatic N) is 3. The molecule has 0 atom stereocenters. The monoisotopic (exact) mass is 244 g/mol. The van der Waals surface area contributed by atoms with Crippen molar-refractivity contribution in [3.8, 4) is 0 Å². The molecule has 3 aromatic rings. The first-order chi connectivity index (χ1) is 8.24. The average molecular weight is 244 g/mol. The van der Waals surface area contributed by atoms with Gasteiger partial charge in [-0.1, -0.05) is 12.1 Å². The van der Waals surface area contributed by atoms with Gasteiger partial charge in [-0.15, -0.1) is 0 Å². The molecule has 0 saturated heterocycles. The molecule has 17 heavy (non-hydrogen) atoms. The second-order valence-corrected chi connectivity index (χ2v) is 4.44. The summed E-state index contributed by atoms with van der Waals surface area (Å²) < 4.78 is 4.63. The molecule has 4 nitrogen and oxygen atoms in total. The smallest absolute Gasteiger partial charge is 0.178 e. The predicted molar refractivity (Wildman–Crippen MR) is 69.4 cm³/mol. The first kappa shape index (κ1) is 10.3. The third-order valence-electron chi connectivity index (χ3n) is 2.78. The number of imidazole rings is 1. The van der Waals surface area contributed by atoms with Crippen LogP contribution in [0.25, 0.3) is 11.0 Å².